The van der Waals surface area contributed by atoms with Crippen molar-refractivity contribution in [2.45, 2.75) is 0 Å². The van der Waals surface area contributed by atoms with Crippen LogP contribution in [-0.2, 0) is 0 Å². The van der Waals surface area contributed by atoms with Crippen molar-refractivity contribution < 1.29 is 4.74 Å². The fourth-order valence-electron chi connectivity index (χ4n) is 2.30. The van der Waals surface area contributed by atoms with E-state index in [1.807, 2.05) is 42.5 Å². The molecular weight excluding hydrogens is 354 g/mol. The minimum atomic E-state index is 0.312. The number of halogens is 1. The number of aromatic nitrogens is 2. The van der Waals surface area contributed by atoms with Crippen LogP contribution in [0.5, 0.6) is 5.88 Å². The number of hydrogen-bond donors (Lipinski definition) is 0. The second-order valence-electron chi connectivity index (χ2n) is 4.80. The largest absolute Gasteiger partial charge is 0.480 e. The number of methoxy groups -OCH3 is 1. The van der Waals surface area contributed by atoms with Gasteiger partial charge in [-0.3, -0.25) is 4.98 Å². The highest BCUT2D eigenvalue weighted by Crippen LogP contribution is 2.33. The summed E-state index contributed by atoms with van der Waals surface area (Å²) in [6.45, 7) is 0. The molecule has 2 heterocycles. The SMILES string of the molecule is COc1nc(-c2ccc(Br)cc2)cc(-c2cccnc2)c1C#N. The highest BCUT2D eigenvalue weighted by Gasteiger charge is 2.15. The van der Waals surface area contributed by atoms with Crippen molar-refractivity contribution in [3.63, 3.8) is 0 Å². The zero-order chi connectivity index (χ0) is 16.2. The van der Waals surface area contributed by atoms with Crippen molar-refractivity contribution in [1.82, 2.24) is 9.97 Å². The van der Waals surface area contributed by atoms with E-state index in [1.54, 1.807) is 12.4 Å². The summed E-state index contributed by atoms with van der Waals surface area (Å²) < 4.78 is 6.32. The molecule has 0 amide bonds. The molecule has 0 radical (unpaired) electrons. The molecule has 4 nitrogen and oxygen atoms in total. The van der Waals surface area contributed by atoms with E-state index >= 15 is 0 Å². The number of nitrogens with zero attached hydrogens (tertiary/aromatic N) is 3. The molecule has 0 saturated heterocycles. The van der Waals surface area contributed by atoms with Gasteiger partial charge in [0.25, 0.3) is 0 Å². The Balaban J connectivity index is 2.24. The number of pyridine rings is 2. The summed E-state index contributed by atoms with van der Waals surface area (Å²) >= 11 is 3.42. The molecule has 0 atom stereocenters. The summed E-state index contributed by atoms with van der Waals surface area (Å²) in [7, 11) is 1.52. The van der Waals surface area contributed by atoms with Gasteiger partial charge >= 0.3 is 0 Å². The van der Waals surface area contributed by atoms with Gasteiger partial charge in [-0.25, -0.2) is 4.98 Å². The maximum Gasteiger partial charge on any atom is 0.232 e. The first-order valence-corrected chi connectivity index (χ1v) is 7.67. The Hall–Kier alpha value is -2.71. The number of ether oxygens (including phenoxy) is 1. The van der Waals surface area contributed by atoms with Crippen LogP contribution >= 0.6 is 15.9 Å². The predicted molar refractivity (Wildman–Crippen MR) is 91.9 cm³/mol. The number of hydrogen-bond acceptors (Lipinski definition) is 4. The topological polar surface area (TPSA) is 58.8 Å². The molecule has 3 aromatic rings. The second kappa shape index (κ2) is 6.59. The third-order valence-corrected chi connectivity index (χ3v) is 3.93. The van der Waals surface area contributed by atoms with E-state index in [1.165, 1.54) is 7.11 Å². The third-order valence-electron chi connectivity index (χ3n) is 3.40. The molecule has 0 aliphatic carbocycles. The van der Waals surface area contributed by atoms with Gasteiger partial charge in [0.1, 0.15) is 11.6 Å². The molecule has 0 saturated carbocycles. The smallest absolute Gasteiger partial charge is 0.232 e. The van der Waals surface area contributed by atoms with E-state index in [2.05, 4.69) is 32.0 Å². The van der Waals surface area contributed by atoms with Gasteiger partial charge < -0.3 is 4.74 Å². The molecule has 112 valence electrons. The van der Waals surface area contributed by atoms with E-state index < -0.39 is 0 Å². The van der Waals surface area contributed by atoms with Gasteiger partial charge in [0.15, 0.2) is 0 Å². The Bertz CT molecular complexity index is 871. The Kier molecular flexibility index (Phi) is 4.35. The first kappa shape index (κ1) is 15.2. The van der Waals surface area contributed by atoms with Crippen LogP contribution in [0, 0.1) is 11.3 Å². The fraction of sp³-hybridized carbons (Fsp3) is 0.0556. The molecule has 0 fully saturated rings. The Labute approximate surface area is 142 Å². The minimum Gasteiger partial charge on any atom is -0.480 e. The van der Waals surface area contributed by atoms with E-state index in [4.69, 9.17) is 4.74 Å². The molecule has 23 heavy (non-hydrogen) atoms. The average molecular weight is 366 g/mol. The van der Waals surface area contributed by atoms with E-state index in [0.29, 0.717) is 11.4 Å². The van der Waals surface area contributed by atoms with Crippen LogP contribution in [0.2, 0.25) is 0 Å². The van der Waals surface area contributed by atoms with Gasteiger partial charge in [0.05, 0.1) is 12.8 Å². The predicted octanol–water partition coefficient (Wildman–Crippen LogP) is 4.45. The van der Waals surface area contributed by atoms with Crippen molar-refractivity contribution in [2.75, 3.05) is 7.11 Å². The van der Waals surface area contributed by atoms with Crippen molar-refractivity contribution in [2.24, 2.45) is 0 Å². The van der Waals surface area contributed by atoms with Gasteiger partial charge in [-0.15, -0.1) is 0 Å². The van der Waals surface area contributed by atoms with Crippen molar-refractivity contribution in [3.05, 3.63) is 64.9 Å². The molecule has 5 heteroatoms. The highest BCUT2D eigenvalue weighted by atomic mass is 79.9. The Morgan fingerprint density at radius 2 is 1.91 bits per heavy atom. The maximum atomic E-state index is 9.49. The molecule has 0 spiro atoms. The third kappa shape index (κ3) is 3.08. The van der Waals surface area contributed by atoms with Gasteiger partial charge in [-0.2, -0.15) is 5.26 Å². The molecule has 0 unspecified atom stereocenters. The lowest BCUT2D eigenvalue weighted by Gasteiger charge is -2.11. The van der Waals surface area contributed by atoms with E-state index in [0.717, 1.165) is 26.9 Å². The van der Waals surface area contributed by atoms with Gasteiger partial charge in [-0.1, -0.05) is 34.1 Å². The molecule has 3 rings (SSSR count). The molecule has 0 bridgehead atoms. The summed E-state index contributed by atoms with van der Waals surface area (Å²) in [5.74, 6) is 0.312. The maximum absolute atomic E-state index is 9.49. The highest BCUT2D eigenvalue weighted by molar-refractivity contribution is 9.10. The molecule has 0 N–H and O–H groups in total. The zero-order valence-electron chi connectivity index (χ0n) is 12.3. The first-order valence-electron chi connectivity index (χ1n) is 6.88. The lowest BCUT2D eigenvalue weighted by atomic mass is 10.00. The van der Waals surface area contributed by atoms with Crippen molar-refractivity contribution in [1.29, 1.82) is 5.26 Å². The quantitative estimate of drug-likeness (QED) is 0.687. The van der Waals surface area contributed by atoms with Gasteiger partial charge in [0.2, 0.25) is 5.88 Å². The average Bonchev–Trinajstić information content (AvgIpc) is 2.62. The normalized spacial score (nSPS) is 10.1. The number of rotatable bonds is 3. The Morgan fingerprint density at radius 1 is 1.13 bits per heavy atom. The molecular formula is C18H12BrN3O. The van der Waals surface area contributed by atoms with Gasteiger partial charge in [0, 0.05) is 33.6 Å². The molecule has 2 aromatic heterocycles. The summed E-state index contributed by atoms with van der Waals surface area (Å²) in [6, 6.07) is 15.6. The van der Waals surface area contributed by atoms with Crippen LogP contribution in [0.25, 0.3) is 22.4 Å². The number of benzene rings is 1. The van der Waals surface area contributed by atoms with E-state index in [-0.39, 0.29) is 0 Å². The summed E-state index contributed by atoms with van der Waals surface area (Å²) in [6.07, 6.45) is 3.42. The van der Waals surface area contributed by atoms with Crippen LogP contribution in [0.1, 0.15) is 5.56 Å². The minimum absolute atomic E-state index is 0.312. The molecule has 0 aliphatic rings. The first-order chi connectivity index (χ1) is 11.2. The van der Waals surface area contributed by atoms with E-state index in [9.17, 15) is 5.26 Å². The summed E-state index contributed by atoms with van der Waals surface area (Å²) in [5, 5.41) is 9.49. The Morgan fingerprint density at radius 3 is 2.52 bits per heavy atom. The molecule has 0 aliphatic heterocycles. The van der Waals surface area contributed by atoms with Crippen LogP contribution in [0.4, 0.5) is 0 Å². The lowest BCUT2D eigenvalue weighted by molar-refractivity contribution is 0.397. The van der Waals surface area contributed by atoms with Crippen LogP contribution in [0.15, 0.2) is 59.3 Å². The summed E-state index contributed by atoms with van der Waals surface area (Å²) in [4.78, 5) is 8.60. The van der Waals surface area contributed by atoms with Crippen LogP contribution < -0.4 is 4.74 Å². The lowest BCUT2D eigenvalue weighted by Crippen LogP contribution is -1.98. The fourth-order valence-corrected chi connectivity index (χ4v) is 2.56. The molecule has 1 aromatic carbocycles. The van der Waals surface area contributed by atoms with Crippen LogP contribution in [0.3, 0.4) is 0 Å². The van der Waals surface area contributed by atoms with Gasteiger partial charge in [-0.05, 0) is 24.3 Å². The standard InChI is InChI=1S/C18H12BrN3O/c1-23-18-16(10-20)15(13-3-2-8-21-11-13)9-17(22-18)12-4-6-14(19)7-5-12/h2-9,11H,1H3. The number of nitriles is 1. The second-order valence-corrected chi connectivity index (χ2v) is 5.72. The van der Waals surface area contributed by atoms with Crippen molar-refractivity contribution in [3.8, 4) is 34.3 Å². The zero-order valence-corrected chi connectivity index (χ0v) is 13.9. The van der Waals surface area contributed by atoms with Crippen molar-refractivity contribution >= 4 is 15.9 Å². The monoisotopic (exact) mass is 365 g/mol. The summed E-state index contributed by atoms with van der Waals surface area (Å²) in [5.41, 5.74) is 3.70. The van der Waals surface area contributed by atoms with Crippen LogP contribution in [-0.4, -0.2) is 17.1 Å².